The lowest BCUT2D eigenvalue weighted by Gasteiger charge is -2.13. The molecule has 0 saturated heterocycles. The van der Waals surface area contributed by atoms with Crippen molar-refractivity contribution in [3.63, 3.8) is 0 Å². The molecule has 0 amide bonds. The van der Waals surface area contributed by atoms with Gasteiger partial charge >= 0.3 is 0 Å². The molecule has 100 valence electrons. The van der Waals surface area contributed by atoms with Crippen LogP contribution in [-0.2, 0) is 6.42 Å². The second-order valence-corrected chi connectivity index (χ2v) is 5.04. The molecule has 1 aromatic carbocycles. The summed E-state index contributed by atoms with van der Waals surface area (Å²) in [6.45, 7) is 4.06. The number of rotatable bonds is 4. The summed E-state index contributed by atoms with van der Waals surface area (Å²) in [5, 5.41) is 4.42. The van der Waals surface area contributed by atoms with E-state index in [1.165, 1.54) is 6.33 Å². The zero-order valence-electron chi connectivity index (χ0n) is 10.9. The molecule has 0 bridgehead atoms. The van der Waals surface area contributed by atoms with Gasteiger partial charge in [-0.15, -0.1) is 0 Å². The summed E-state index contributed by atoms with van der Waals surface area (Å²) in [5.74, 6) is 0.717. The van der Waals surface area contributed by atoms with Crippen LogP contribution in [0.5, 0.6) is 0 Å². The van der Waals surface area contributed by atoms with Crippen molar-refractivity contribution >= 4 is 34.7 Å². The fourth-order valence-electron chi connectivity index (χ4n) is 1.84. The van der Waals surface area contributed by atoms with E-state index >= 15 is 0 Å². The van der Waals surface area contributed by atoms with Gasteiger partial charge in [0.2, 0.25) is 0 Å². The zero-order valence-corrected chi connectivity index (χ0v) is 12.4. The Balaban J connectivity index is 2.38. The molecule has 0 saturated carbocycles. The van der Waals surface area contributed by atoms with Crippen LogP contribution in [0.3, 0.4) is 0 Å². The first-order valence-electron chi connectivity index (χ1n) is 6.15. The van der Waals surface area contributed by atoms with E-state index in [2.05, 4.69) is 22.2 Å². The second kappa shape index (κ2) is 6.22. The van der Waals surface area contributed by atoms with E-state index in [1.807, 2.05) is 25.1 Å². The topological polar surface area (TPSA) is 37.8 Å². The maximum atomic E-state index is 6.27. The van der Waals surface area contributed by atoms with Gasteiger partial charge in [-0.3, -0.25) is 0 Å². The van der Waals surface area contributed by atoms with Gasteiger partial charge in [0, 0.05) is 5.56 Å². The average molecular weight is 296 g/mol. The third-order valence-corrected chi connectivity index (χ3v) is 3.67. The van der Waals surface area contributed by atoms with Gasteiger partial charge in [-0.1, -0.05) is 48.7 Å². The first-order valence-corrected chi connectivity index (χ1v) is 6.90. The number of hydrogen-bond acceptors (Lipinski definition) is 3. The van der Waals surface area contributed by atoms with E-state index in [0.717, 1.165) is 29.7 Å². The number of anilines is 2. The molecule has 1 aromatic heterocycles. The number of hydrogen-bond donors (Lipinski definition) is 1. The summed E-state index contributed by atoms with van der Waals surface area (Å²) >= 11 is 12.4. The first-order chi connectivity index (χ1) is 9.13. The van der Waals surface area contributed by atoms with Crippen molar-refractivity contribution in [2.24, 2.45) is 0 Å². The molecule has 0 aliphatic heterocycles. The van der Waals surface area contributed by atoms with Crippen LogP contribution in [0.1, 0.15) is 24.5 Å². The molecule has 2 rings (SSSR count). The van der Waals surface area contributed by atoms with E-state index in [1.54, 1.807) is 0 Å². The monoisotopic (exact) mass is 295 g/mol. The summed E-state index contributed by atoms with van der Waals surface area (Å²) in [6, 6.07) is 5.83. The Bertz CT molecular complexity index is 585. The molecule has 0 aliphatic rings. The Kier molecular flexibility index (Phi) is 4.61. The van der Waals surface area contributed by atoms with Crippen molar-refractivity contribution in [1.29, 1.82) is 0 Å². The lowest BCUT2D eigenvalue weighted by molar-refractivity contribution is 0.904. The van der Waals surface area contributed by atoms with Gasteiger partial charge in [-0.25, -0.2) is 9.97 Å². The smallest absolute Gasteiger partial charge is 0.138 e. The predicted octanol–water partition coefficient (Wildman–Crippen LogP) is 4.79. The van der Waals surface area contributed by atoms with Gasteiger partial charge < -0.3 is 5.32 Å². The van der Waals surface area contributed by atoms with E-state index in [0.29, 0.717) is 16.0 Å². The Hall–Kier alpha value is -1.32. The van der Waals surface area contributed by atoms with Crippen LogP contribution in [0.25, 0.3) is 0 Å². The Morgan fingerprint density at radius 1 is 1.21 bits per heavy atom. The number of halogens is 2. The molecule has 0 atom stereocenters. The second-order valence-electron chi connectivity index (χ2n) is 4.30. The lowest BCUT2D eigenvalue weighted by Crippen LogP contribution is -2.02. The van der Waals surface area contributed by atoms with E-state index < -0.39 is 0 Å². The zero-order chi connectivity index (χ0) is 13.8. The summed E-state index contributed by atoms with van der Waals surface area (Å²) in [6.07, 6.45) is 3.25. The van der Waals surface area contributed by atoms with Crippen molar-refractivity contribution in [3.8, 4) is 0 Å². The van der Waals surface area contributed by atoms with Crippen LogP contribution in [-0.4, -0.2) is 9.97 Å². The fraction of sp³-hybridized carbons (Fsp3) is 0.286. The quantitative estimate of drug-likeness (QED) is 0.824. The highest BCUT2D eigenvalue weighted by Crippen LogP contribution is 2.30. The van der Waals surface area contributed by atoms with Gasteiger partial charge in [-0.2, -0.15) is 0 Å². The molecule has 0 radical (unpaired) electrons. The van der Waals surface area contributed by atoms with Gasteiger partial charge in [0.15, 0.2) is 0 Å². The molecular formula is C14H15Cl2N3. The Morgan fingerprint density at radius 2 is 2.00 bits per heavy atom. The normalized spacial score (nSPS) is 10.5. The van der Waals surface area contributed by atoms with Crippen LogP contribution >= 0.6 is 23.2 Å². The minimum atomic E-state index is 0.489. The molecular weight excluding hydrogens is 281 g/mol. The fourth-order valence-corrected chi connectivity index (χ4v) is 2.24. The first kappa shape index (κ1) is 14.1. The molecule has 1 N–H and O–H groups in total. The Morgan fingerprint density at radius 3 is 2.74 bits per heavy atom. The molecule has 0 aliphatic carbocycles. The number of benzene rings is 1. The van der Waals surface area contributed by atoms with Gasteiger partial charge in [0.1, 0.15) is 17.3 Å². The molecule has 19 heavy (non-hydrogen) atoms. The van der Waals surface area contributed by atoms with Crippen molar-refractivity contribution in [2.75, 3.05) is 5.32 Å². The van der Waals surface area contributed by atoms with Crippen molar-refractivity contribution < 1.29 is 0 Å². The third kappa shape index (κ3) is 3.17. The molecule has 0 unspecified atom stereocenters. The van der Waals surface area contributed by atoms with Crippen LogP contribution in [0.4, 0.5) is 11.5 Å². The van der Waals surface area contributed by atoms with Gasteiger partial charge in [0.25, 0.3) is 0 Å². The number of aromatic nitrogens is 2. The van der Waals surface area contributed by atoms with E-state index in [-0.39, 0.29) is 0 Å². The highest BCUT2D eigenvalue weighted by Gasteiger charge is 2.11. The van der Waals surface area contributed by atoms with Crippen LogP contribution in [0.15, 0.2) is 24.5 Å². The van der Waals surface area contributed by atoms with E-state index in [4.69, 9.17) is 23.2 Å². The van der Waals surface area contributed by atoms with Crippen LogP contribution in [0.2, 0.25) is 10.2 Å². The van der Waals surface area contributed by atoms with Gasteiger partial charge in [0.05, 0.1) is 10.7 Å². The van der Waals surface area contributed by atoms with Crippen molar-refractivity contribution in [3.05, 3.63) is 45.8 Å². The SMILES string of the molecule is CCCc1c(Cl)ncnc1Nc1cccc(C)c1Cl. The van der Waals surface area contributed by atoms with Crippen LogP contribution in [0, 0.1) is 6.92 Å². The largest absolute Gasteiger partial charge is 0.339 e. The van der Waals surface area contributed by atoms with E-state index in [9.17, 15) is 0 Å². The summed E-state index contributed by atoms with van der Waals surface area (Å²) in [7, 11) is 0. The third-order valence-electron chi connectivity index (χ3n) is 2.84. The highest BCUT2D eigenvalue weighted by atomic mass is 35.5. The maximum Gasteiger partial charge on any atom is 0.138 e. The Labute approximate surface area is 123 Å². The highest BCUT2D eigenvalue weighted by molar-refractivity contribution is 6.34. The number of aryl methyl sites for hydroxylation is 1. The minimum absolute atomic E-state index is 0.489. The maximum absolute atomic E-state index is 6.27. The summed E-state index contributed by atoms with van der Waals surface area (Å²) in [5.41, 5.74) is 2.77. The van der Waals surface area contributed by atoms with Gasteiger partial charge in [-0.05, 0) is 25.0 Å². The number of nitrogens with one attached hydrogen (secondary N) is 1. The molecule has 1 heterocycles. The molecule has 2 aromatic rings. The molecule has 5 heteroatoms. The van der Waals surface area contributed by atoms with Crippen LogP contribution < -0.4 is 5.32 Å². The summed E-state index contributed by atoms with van der Waals surface area (Å²) < 4.78 is 0. The number of nitrogens with zero attached hydrogens (tertiary/aromatic N) is 2. The minimum Gasteiger partial charge on any atom is -0.339 e. The molecule has 0 fully saturated rings. The standard InChI is InChI=1S/C14H15Cl2N3/c1-3-5-10-13(16)17-8-18-14(10)19-11-7-4-6-9(2)12(11)15/h4,6-8H,3,5H2,1-2H3,(H,17,18,19). The average Bonchev–Trinajstić information content (AvgIpc) is 2.39. The predicted molar refractivity (Wildman–Crippen MR) is 80.5 cm³/mol. The molecule has 3 nitrogen and oxygen atoms in total. The lowest BCUT2D eigenvalue weighted by atomic mass is 10.1. The molecule has 0 spiro atoms. The summed E-state index contributed by atoms with van der Waals surface area (Å²) in [4.78, 5) is 8.28. The van der Waals surface area contributed by atoms with Crippen molar-refractivity contribution in [2.45, 2.75) is 26.7 Å². The van der Waals surface area contributed by atoms with Crippen molar-refractivity contribution in [1.82, 2.24) is 9.97 Å².